The van der Waals surface area contributed by atoms with Crippen molar-refractivity contribution in [2.45, 2.75) is 38.3 Å². The van der Waals surface area contributed by atoms with Crippen molar-refractivity contribution in [3.63, 3.8) is 0 Å². The average molecular weight is 401 g/mol. The van der Waals surface area contributed by atoms with Crippen LogP contribution < -0.4 is 10.6 Å². The molecule has 154 valence electrons. The van der Waals surface area contributed by atoms with Crippen LogP contribution in [0.3, 0.4) is 0 Å². The van der Waals surface area contributed by atoms with E-state index in [4.69, 9.17) is 5.73 Å². The van der Waals surface area contributed by atoms with E-state index >= 15 is 0 Å². The molecular weight excluding hydrogens is 378 g/mol. The number of nitrogens with zero attached hydrogens (tertiary/aromatic N) is 4. The molecule has 2 heterocycles. The van der Waals surface area contributed by atoms with Crippen molar-refractivity contribution >= 4 is 22.9 Å². The van der Waals surface area contributed by atoms with Crippen molar-refractivity contribution in [2.75, 3.05) is 31.6 Å². The predicted octanol–water partition coefficient (Wildman–Crippen LogP) is 2.24. The van der Waals surface area contributed by atoms with Crippen molar-refractivity contribution in [1.29, 1.82) is 0 Å². The fourth-order valence-electron chi connectivity index (χ4n) is 3.37. The number of imidazole rings is 1. The number of carbonyl (C=O) groups excluding carboxylic acids is 1. The number of piperidine rings is 1. The van der Waals surface area contributed by atoms with E-state index < -0.39 is 30.8 Å². The first kappa shape index (κ1) is 20.4. The van der Waals surface area contributed by atoms with E-state index in [0.29, 0.717) is 28.4 Å². The van der Waals surface area contributed by atoms with Crippen molar-refractivity contribution in [2.24, 2.45) is 5.73 Å². The van der Waals surface area contributed by atoms with Gasteiger partial charge in [-0.25, -0.2) is 9.37 Å². The Labute approximate surface area is 159 Å². The van der Waals surface area contributed by atoms with Crippen LogP contribution in [0.4, 0.5) is 23.5 Å². The third-order valence-electron chi connectivity index (χ3n) is 4.87. The lowest BCUT2D eigenvalue weighted by Gasteiger charge is -2.34. The summed E-state index contributed by atoms with van der Waals surface area (Å²) < 4.78 is 53.2. The molecule has 6 nitrogen and oxygen atoms in total. The lowest BCUT2D eigenvalue weighted by molar-refractivity contribution is -0.158. The normalized spacial score (nSPS) is 20.6. The Bertz CT molecular complexity index is 866. The number of hydrogen-bond donors (Lipinski definition) is 1. The van der Waals surface area contributed by atoms with E-state index in [-0.39, 0.29) is 19.5 Å². The maximum Gasteiger partial charge on any atom is 0.406 e. The van der Waals surface area contributed by atoms with Crippen LogP contribution in [-0.2, 0) is 11.3 Å². The molecule has 0 spiro atoms. The highest BCUT2D eigenvalue weighted by atomic mass is 19.4. The van der Waals surface area contributed by atoms with Gasteiger partial charge in [0.05, 0.1) is 17.1 Å². The zero-order chi connectivity index (χ0) is 20.6. The number of rotatable bonds is 4. The van der Waals surface area contributed by atoms with Gasteiger partial charge < -0.3 is 20.1 Å². The van der Waals surface area contributed by atoms with E-state index in [2.05, 4.69) is 4.98 Å². The molecule has 0 unspecified atom stereocenters. The molecule has 1 fully saturated rings. The summed E-state index contributed by atoms with van der Waals surface area (Å²) >= 11 is 0. The van der Waals surface area contributed by atoms with E-state index in [1.807, 2.05) is 19.1 Å². The molecule has 1 aliphatic rings. The Hall–Kier alpha value is -2.36. The molecule has 28 heavy (non-hydrogen) atoms. The van der Waals surface area contributed by atoms with E-state index in [0.717, 1.165) is 12.6 Å². The van der Waals surface area contributed by atoms with Crippen LogP contribution in [-0.4, -0.2) is 65.4 Å². The first-order chi connectivity index (χ1) is 13.0. The molecule has 1 saturated heterocycles. The second-order valence-electron chi connectivity index (χ2n) is 7.27. The molecule has 0 radical (unpaired) electrons. The highest BCUT2D eigenvalue weighted by Crippen LogP contribution is 2.27. The van der Waals surface area contributed by atoms with Gasteiger partial charge in [-0.05, 0) is 31.0 Å². The highest BCUT2D eigenvalue weighted by molar-refractivity contribution is 5.83. The first-order valence-corrected chi connectivity index (χ1v) is 8.97. The molecule has 10 heteroatoms. The van der Waals surface area contributed by atoms with Gasteiger partial charge in [-0.1, -0.05) is 6.07 Å². The van der Waals surface area contributed by atoms with Crippen LogP contribution in [0.2, 0.25) is 0 Å². The minimum atomic E-state index is -4.48. The molecule has 1 aromatic heterocycles. The number of aromatic nitrogens is 2. The number of aryl methyl sites for hydroxylation is 1. The van der Waals surface area contributed by atoms with Gasteiger partial charge in [0, 0.05) is 20.1 Å². The third-order valence-corrected chi connectivity index (χ3v) is 4.87. The van der Waals surface area contributed by atoms with Crippen LogP contribution in [0.25, 0.3) is 11.0 Å². The molecule has 0 saturated carbocycles. The molecule has 2 aromatic rings. The molecule has 3 rings (SSSR count). The quantitative estimate of drug-likeness (QED) is 0.798. The number of likely N-dealkylation sites (N-methyl/N-ethyl adjacent to an activating group) is 1. The monoisotopic (exact) mass is 401 g/mol. The van der Waals surface area contributed by atoms with Gasteiger partial charge in [-0.15, -0.1) is 0 Å². The Kier molecular flexibility index (Phi) is 5.51. The van der Waals surface area contributed by atoms with Gasteiger partial charge in [0.1, 0.15) is 19.3 Å². The second kappa shape index (κ2) is 7.57. The van der Waals surface area contributed by atoms with E-state index in [9.17, 15) is 22.4 Å². The SMILES string of the molecule is Cc1ccc2c(c1)nc(N1CC[C@@H](F)[C@H](N)C1)n2CC(=O)N(C)CC(F)(F)F. The van der Waals surface area contributed by atoms with Crippen molar-refractivity contribution in [3.8, 4) is 0 Å². The molecule has 1 amide bonds. The molecule has 1 aromatic carbocycles. The number of fused-ring (bicyclic) bond motifs is 1. The van der Waals surface area contributed by atoms with Crippen LogP contribution >= 0.6 is 0 Å². The molecular formula is C18H23F4N5O. The smallest absolute Gasteiger partial charge is 0.340 e. The molecule has 1 aliphatic heterocycles. The minimum Gasteiger partial charge on any atom is -0.340 e. The Morgan fingerprint density at radius 2 is 2.11 bits per heavy atom. The second-order valence-corrected chi connectivity index (χ2v) is 7.27. The molecule has 0 aliphatic carbocycles. The predicted molar refractivity (Wildman–Crippen MR) is 97.9 cm³/mol. The van der Waals surface area contributed by atoms with Crippen molar-refractivity contribution < 1.29 is 22.4 Å². The summed E-state index contributed by atoms with van der Waals surface area (Å²) in [7, 11) is 1.11. The largest absolute Gasteiger partial charge is 0.406 e. The first-order valence-electron chi connectivity index (χ1n) is 8.97. The Morgan fingerprint density at radius 1 is 1.39 bits per heavy atom. The number of anilines is 1. The number of carbonyl (C=O) groups is 1. The van der Waals surface area contributed by atoms with Gasteiger partial charge in [-0.3, -0.25) is 4.79 Å². The summed E-state index contributed by atoms with van der Waals surface area (Å²) in [6.45, 7) is 0.849. The standard InChI is InChI=1S/C18H23F4N5O/c1-11-3-4-15-14(7-11)24-17(26-6-5-12(19)13(23)8-26)27(15)9-16(28)25(2)10-18(20,21)22/h3-4,7,12-13H,5-6,8-10,23H2,1-2H3/t12-,13-/m1/s1. The zero-order valence-electron chi connectivity index (χ0n) is 15.7. The minimum absolute atomic E-state index is 0.218. The number of alkyl halides is 4. The number of nitrogens with two attached hydrogens (primary N) is 1. The third kappa shape index (κ3) is 4.37. The Balaban J connectivity index is 1.94. The van der Waals surface area contributed by atoms with Crippen LogP contribution in [0.5, 0.6) is 0 Å². The van der Waals surface area contributed by atoms with Crippen molar-refractivity contribution in [1.82, 2.24) is 14.5 Å². The van der Waals surface area contributed by atoms with Gasteiger partial charge in [0.2, 0.25) is 11.9 Å². The molecule has 2 atom stereocenters. The van der Waals surface area contributed by atoms with E-state index in [1.165, 1.54) is 0 Å². The molecule has 0 bridgehead atoms. The summed E-state index contributed by atoms with van der Waals surface area (Å²) in [4.78, 5) is 19.4. The zero-order valence-corrected chi connectivity index (χ0v) is 15.7. The lowest BCUT2D eigenvalue weighted by atomic mass is 10.1. The summed E-state index contributed by atoms with van der Waals surface area (Å²) in [5, 5.41) is 0. The molecule has 2 N–H and O–H groups in total. The number of halogens is 4. The number of hydrogen-bond acceptors (Lipinski definition) is 4. The summed E-state index contributed by atoms with van der Waals surface area (Å²) in [5.41, 5.74) is 8.05. The van der Waals surface area contributed by atoms with Crippen LogP contribution in [0.15, 0.2) is 18.2 Å². The lowest BCUT2D eigenvalue weighted by Crippen LogP contribution is -2.50. The van der Waals surface area contributed by atoms with Gasteiger partial charge in [-0.2, -0.15) is 13.2 Å². The fraction of sp³-hybridized carbons (Fsp3) is 0.556. The number of amides is 1. The van der Waals surface area contributed by atoms with Gasteiger partial charge >= 0.3 is 6.18 Å². The maximum absolute atomic E-state index is 13.8. The topological polar surface area (TPSA) is 67.4 Å². The van der Waals surface area contributed by atoms with Gasteiger partial charge in [0.25, 0.3) is 0 Å². The summed E-state index contributed by atoms with van der Waals surface area (Å²) in [5.74, 6) is -0.278. The maximum atomic E-state index is 13.8. The highest BCUT2D eigenvalue weighted by Gasteiger charge is 2.33. The summed E-state index contributed by atoms with van der Waals surface area (Å²) in [6.07, 6.45) is -5.36. The fourth-order valence-corrected chi connectivity index (χ4v) is 3.37. The van der Waals surface area contributed by atoms with Crippen LogP contribution in [0.1, 0.15) is 12.0 Å². The summed E-state index contributed by atoms with van der Waals surface area (Å²) in [6, 6.07) is 4.77. The van der Waals surface area contributed by atoms with Crippen molar-refractivity contribution in [3.05, 3.63) is 23.8 Å². The van der Waals surface area contributed by atoms with Crippen LogP contribution in [0, 0.1) is 6.92 Å². The van der Waals surface area contributed by atoms with Gasteiger partial charge in [0.15, 0.2) is 0 Å². The number of benzene rings is 1. The Morgan fingerprint density at radius 3 is 2.75 bits per heavy atom. The van der Waals surface area contributed by atoms with E-state index in [1.54, 1.807) is 15.5 Å². The average Bonchev–Trinajstić information content (AvgIpc) is 2.93.